The summed E-state index contributed by atoms with van der Waals surface area (Å²) in [5.41, 5.74) is 2.37. The number of benzene rings is 1. The number of ether oxygens (including phenoxy) is 1. The fourth-order valence-corrected chi connectivity index (χ4v) is 4.47. The van der Waals surface area contributed by atoms with E-state index in [0.717, 1.165) is 28.6 Å². The first-order chi connectivity index (χ1) is 15.1. The second kappa shape index (κ2) is 9.70. The molecule has 1 atom stereocenters. The fraction of sp³-hybridized carbons (Fsp3) is 0.304. The molecule has 0 spiro atoms. The Balaban J connectivity index is 1.35. The summed E-state index contributed by atoms with van der Waals surface area (Å²) in [6, 6.07) is 12.5. The van der Waals surface area contributed by atoms with Crippen molar-refractivity contribution in [1.82, 2.24) is 14.9 Å². The lowest BCUT2D eigenvalue weighted by molar-refractivity contribution is -0.136. The van der Waals surface area contributed by atoms with Gasteiger partial charge in [0.25, 0.3) is 0 Å². The number of carbonyl (C=O) groups excluding carboxylic acids is 2. The number of methoxy groups -OCH3 is 1. The molecule has 3 heterocycles. The van der Waals surface area contributed by atoms with Gasteiger partial charge in [-0.25, -0.2) is 4.98 Å². The Kier molecular flexibility index (Phi) is 6.57. The van der Waals surface area contributed by atoms with E-state index in [4.69, 9.17) is 4.74 Å². The van der Waals surface area contributed by atoms with E-state index in [2.05, 4.69) is 15.3 Å². The minimum Gasteiger partial charge on any atom is -0.497 e. The number of rotatable bonds is 7. The summed E-state index contributed by atoms with van der Waals surface area (Å²) in [6.07, 6.45) is 4.09. The zero-order valence-electron chi connectivity index (χ0n) is 17.3. The van der Waals surface area contributed by atoms with E-state index in [1.165, 1.54) is 11.3 Å². The monoisotopic (exact) mass is 436 g/mol. The van der Waals surface area contributed by atoms with E-state index < -0.39 is 6.04 Å². The third kappa shape index (κ3) is 5.27. The molecule has 0 aliphatic carbocycles. The third-order valence-corrected chi connectivity index (χ3v) is 6.12. The number of carbonyl (C=O) groups is 2. The first-order valence-corrected chi connectivity index (χ1v) is 11.1. The van der Waals surface area contributed by atoms with Crippen LogP contribution in [0.5, 0.6) is 5.75 Å². The number of hydrogen-bond donors (Lipinski definition) is 1. The van der Waals surface area contributed by atoms with Gasteiger partial charge >= 0.3 is 0 Å². The summed E-state index contributed by atoms with van der Waals surface area (Å²) in [4.78, 5) is 36.3. The first-order valence-electron chi connectivity index (χ1n) is 10.2. The molecular weight excluding hydrogens is 412 g/mol. The largest absolute Gasteiger partial charge is 0.497 e. The molecule has 1 aromatic carbocycles. The number of aromatic nitrogens is 2. The molecule has 1 aliphatic rings. The van der Waals surface area contributed by atoms with Crippen molar-refractivity contribution >= 4 is 28.8 Å². The van der Waals surface area contributed by atoms with Gasteiger partial charge in [-0.05, 0) is 49.2 Å². The second-order valence-corrected chi connectivity index (χ2v) is 8.31. The first kappa shape index (κ1) is 21.0. The van der Waals surface area contributed by atoms with Gasteiger partial charge in [-0.3, -0.25) is 14.6 Å². The molecule has 1 aliphatic heterocycles. The third-order valence-electron chi connectivity index (χ3n) is 5.22. The lowest BCUT2D eigenvalue weighted by Gasteiger charge is -2.23. The minimum absolute atomic E-state index is 0.0675. The van der Waals surface area contributed by atoms with E-state index in [9.17, 15) is 9.59 Å². The van der Waals surface area contributed by atoms with E-state index in [1.54, 1.807) is 42.5 Å². The quantitative estimate of drug-likeness (QED) is 0.614. The van der Waals surface area contributed by atoms with Crippen molar-refractivity contribution in [2.75, 3.05) is 19.0 Å². The molecular formula is C23H24N4O3S. The Morgan fingerprint density at radius 2 is 2.03 bits per heavy atom. The molecule has 1 saturated heterocycles. The maximum atomic E-state index is 12.9. The summed E-state index contributed by atoms with van der Waals surface area (Å²) in [5, 5.41) is 5.75. The number of thiazole rings is 1. The molecule has 160 valence electrons. The van der Waals surface area contributed by atoms with Crippen molar-refractivity contribution in [3.63, 3.8) is 0 Å². The van der Waals surface area contributed by atoms with Gasteiger partial charge in [0.2, 0.25) is 11.8 Å². The highest BCUT2D eigenvalue weighted by Gasteiger charge is 2.34. The molecule has 1 fully saturated rings. The predicted molar refractivity (Wildman–Crippen MR) is 119 cm³/mol. The van der Waals surface area contributed by atoms with Gasteiger partial charge < -0.3 is 15.0 Å². The molecule has 8 heteroatoms. The average Bonchev–Trinajstić information content (AvgIpc) is 3.45. The van der Waals surface area contributed by atoms with Gasteiger partial charge in [0.15, 0.2) is 0 Å². The number of pyridine rings is 1. The van der Waals surface area contributed by atoms with Crippen molar-refractivity contribution in [2.24, 2.45) is 0 Å². The highest BCUT2D eigenvalue weighted by molar-refractivity contribution is 7.09. The fourth-order valence-electron chi connectivity index (χ4n) is 3.66. The number of nitrogens with one attached hydrogen (secondary N) is 1. The molecule has 1 N–H and O–H groups in total. The number of nitrogens with zero attached hydrogens (tertiary/aromatic N) is 3. The minimum atomic E-state index is -0.457. The van der Waals surface area contributed by atoms with E-state index in [1.807, 2.05) is 23.6 Å². The maximum absolute atomic E-state index is 12.9. The zero-order valence-corrected chi connectivity index (χ0v) is 18.1. The van der Waals surface area contributed by atoms with Gasteiger partial charge in [-0.15, -0.1) is 11.3 Å². The summed E-state index contributed by atoms with van der Waals surface area (Å²) in [5.74, 6) is 0.494. The number of anilines is 1. The molecule has 2 aromatic heterocycles. The summed E-state index contributed by atoms with van der Waals surface area (Å²) >= 11 is 1.53. The Morgan fingerprint density at radius 3 is 2.77 bits per heavy atom. The smallest absolute Gasteiger partial charge is 0.247 e. The van der Waals surface area contributed by atoms with Crippen LogP contribution in [-0.4, -0.2) is 46.4 Å². The van der Waals surface area contributed by atoms with Crippen LogP contribution in [0.1, 0.15) is 29.2 Å². The SMILES string of the molecule is COc1ccc(NC(=O)[C@@H]2CCCN2C(=O)Cc2csc(Cc3ccccn3)n2)cc1. The normalized spacial score (nSPS) is 15.6. The van der Waals surface area contributed by atoms with Gasteiger partial charge in [0, 0.05) is 35.9 Å². The second-order valence-electron chi connectivity index (χ2n) is 7.37. The summed E-state index contributed by atoms with van der Waals surface area (Å²) in [6.45, 7) is 0.588. The Bertz CT molecular complexity index is 1040. The average molecular weight is 437 g/mol. The molecule has 3 aromatic rings. The Morgan fingerprint density at radius 1 is 1.19 bits per heavy atom. The van der Waals surface area contributed by atoms with Crippen molar-refractivity contribution in [1.29, 1.82) is 0 Å². The molecule has 31 heavy (non-hydrogen) atoms. The highest BCUT2D eigenvalue weighted by atomic mass is 32.1. The summed E-state index contributed by atoms with van der Waals surface area (Å²) in [7, 11) is 1.60. The van der Waals surface area contributed by atoms with Crippen molar-refractivity contribution in [3.8, 4) is 5.75 Å². The number of amides is 2. The zero-order chi connectivity index (χ0) is 21.6. The van der Waals surface area contributed by atoms with Crippen molar-refractivity contribution in [3.05, 3.63) is 70.4 Å². The van der Waals surface area contributed by atoms with Gasteiger partial charge in [0.05, 0.1) is 24.2 Å². The van der Waals surface area contributed by atoms with Crippen molar-refractivity contribution in [2.45, 2.75) is 31.7 Å². The Hall–Kier alpha value is -3.26. The molecule has 7 nitrogen and oxygen atoms in total. The van der Waals surface area contributed by atoms with Crippen molar-refractivity contribution < 1.29 is 14.3 Å². The van der Waals surface area contributed by atoms with Crippen LogP contribution in [0.2, 0.25) is 0 Å². The molecule has 0 radical (unpaired) electrons. The Labute approximate surface area is 185 Å². The molecule has 0 unspecified atom stereocenters. The standard InChI is InChI=1S/C23H24N4O3S/c1-30-19-9-7-16(8-10-19)26-23(29)20-6-4-12-27(20)22(28)14-18-15-31-21(25-18)13-17-5-2-3-11-24-17/h2-3,5,7-11,15,20H,4,6,12-14H2,1H3,(H,26,29)/t20-/m0/s1. The molecule has 0 bridgehead atoms. The van der Waals surface area contributed by atoms with Gasteiger partial charge in [-0.1, -0.05) is 6.07 Å². The van der Waals surface area contributed by atoms with Crippen LogP contribution >= 0.6 is 11.3 Å². The predicted octanol–water partition coefficient (Wildman–Crippen LogP) is 3.31. The van der Waals surface area contributed by atoms with E-state index in [-0.39, 0.29) is 18.2 Å². The van der Waals surface area contributed by atoms with Crippen LogP contribution < -0.4 is 10.1 Å². The van der Waals surface area contributed by atoms with Crippen LogP contribution in [0.25, 0.3) is 0 Å². The van der Waals surface area contributed by atoms with Crippen LogP contribution in [0.3, 0.4) is 0 Å². The molecule has 0 saturated carbocycles. The lowest BCUT2D eigenvalue weighted by atomic mass is 10.2. The van der Waals surface area contributed by atoms with Crippen LogP contribution in [0.15, 0.2) is 54.0 Å². The van der Waals surface area contributed by atoms with Gasteiger partial charge in [0.1, 0.15) is 11.8 Å². The van der Waals surface area contributed by atoms with Crippen LogP contribution in [0, 0.1) is 0 Å². The number of likely N-dealkylation sites (tertiary alicyclic amines) is 1. The topological polar surface area (TPSA) is 84.4 Å². The van der Waals surface area contributed by atoms with Crippen LogP contribution in [-0.2, 0) is 22.4 Å². The summed E-state index contributed by atoms with van der Waals surface area (Å²) < 4.78 is 5.14. The highest BCUT2D eigenvalue weighted by Crippen LogP contribution is 2.22. The number of hydrogen-bond acceptors (Lipinski definition) is 6. The van der Waals surface area contributed by atoms with Gasteiger partial charge in [-0.2, -0.15) is 0 Å². The van der Waals surface area contributed by atoms with E-state index >= 15 is 0 Å². The van der Waals surface area contributed by atoms with Crippen LogP contribution in [0.4, 0.5) is 5.69 Å². The molecule has 2 amide bonds. The van der Waals surface area contributed by atoms with E-state index in [0.29, 0.717) is 25.1 Å². The molecule has 4 rings (SSSR count). The maximum Gasteiger partial charge on any atom is 0.247 e. The lowest BCUT2D eigenvalue weighted by Crippen LogP contribution is -2.43.